The van der Waals surface area contributed by atoms with Gasteiger partial charge in [-0.05, 0) is 37.3 Å². The van der Waals surface area contributed by atoms with E-state index < -0.39 is 0 Å². The minimum absolute atomic E-state index is 0.265. The summed E-state index contributed by atoms with van der Waals surface area (Å²) in [7, 11) is 3.95. The molecule has 0 saturated carbocycles. The third-order valence-electron chi connectivity index (χ3n) is 3.24. The topological polar surface area (TPSA) is 35.8 Å². The summed E-state index contributed by atoms with van der Waals surface area (Å²) < 4.78 is 0. The lowest BCUT2D eigenvalue weighted by Gasteiger charge is -2.21. The highest BCUT2D eigenvalue weighted by molar-refractivity contribution is 7.16. The first-order valence-corrected chi connectivity index (χ1v) is 6.88. The van der Waals surface area contributed by atoms with Gasteiger partial charge in [-0.25, -0.2) is 4.99 Å². The van der Waals surface area contributed by atoms with Crippen molar-refractivity contribution in [2.24, 2.45) is 4.99 Å². The fraction of sp³-hybridized carbons (Fsp3) is 0.615. The van der Waals surface area contributed by atoms with Crippen LogP contribution in [0.3, 0.4) is 0 Å². The van der Waals surface area contributed by atoms with E-state index in [2.05, 4.69) is 11.9 Å². The number of aliphatic imine (C=N–C) groups is 1. The second-order valence-corrected chi connectivity index (χ2v) is 5.93. The summed E-state index contributed by atoms with van der Waals surface area (Å²) in [6.07, 6.45) is 5.29. The molecule has 2 rings (SSSR count). The Bertz CT molecular complexity index is 423. The molecule has 0 radical (unpaired) electrons. The van der Waals surface area contributed by atoms with Crippen LogP contribution >= 0.6 is 11.3 Å². The van der Waals surface area contributed by atoms with Gasteiger partial charge in [-0.2, -0.15) is 0 Å². The van der Waals surface area contributed by atoms with Gasteiger partial charge in [0.05, 0.1) is 6.34 Å². The Hall–Kier alpha value is -0.870. The highest BCUT2D eigenvalue weighted by Gasteiger charge is 2.25. The number of rotatable bonds is 3. The summed E-state index contributed by atoms with van der Waals surface area (Å²) in [5.41, 5.74) is 2.64. The van der Waals surface area contributed by atoms with Crippen LogP contribution in [0.5, 0.6) is 0 Å². The number of thiophene rings is 1. The van der Waals surface area contributed by atoms with Crippen LogP contribution in [0.4, 0.5) is 5.00 Å². The van der Waals surface area contributed by atoms with Crippen molar-refractivity contribution in [2.75, 3.05) is 20.7 Å². The first-order chi connectivity index (χ1) is 8.13. The molecular formula is C13H20N2OS. The SMILES string of the molecule is Cc1c(/N=C/N(C)C)sc2c1C(CO)CCC2. The lowest BCUT2D eigenvalue weighted by atomic mass is 9.86. The van der Waals surface area contributed by atoms with Gasteiger partial charge >= 0.3 is 0 Å². The van der Waals surface area contributed by atoms with Crippen LogP contribution in [0.1, 0.15) is 34.8 Å². The Morgan fingerprint density at radius 1 is 1.53 bits per heavy atom. The molecule has 0 aromatic carbocycles. The first-order valence-electron chi connectivity index (χ1n) is 6.07. The molecule has 1 aliphatic carbocycles. The van der Waals surface area contributed by atoms with Crippen molar-refractivity contribution in [2.45, 2.75) is 32.1 Å². The van der Waals surface area contributed by atoms with Gasteiger partial charge < -0.3 is 10.0 Å². The smallest absolute Gasteiger partial charge is 0.121 e. The fourth-order valence-electron chi connectivity index (χ4n) is 2.42. The molecule has 0 spiro atoms. The molecule has 3 nitrogen and oxygen atoms in total. The van der Waals surface area contributed by atoms with E-state index in [0.29, 0.717) is 5.92 Å². The van der Waals surface area contributed by atoms with E-state index in [9.17, 15) is 5.11 Å². The molecule has 94 valence electrons. The molecule has 0 bridgehead atoms. The van der Waals surface area contributed by atoms with Crippen molar-refractivity contribution in [3.63, 3.8) is 0 Å². The van der Waals surface area contributed by atoms with Crippen molar-refractivity contribution < 1.29 is 5.11 Å². The molecule has 1 aliphatic rings. The molecule has 0 aliphatic heterocycles. The van der Waals surface area contributed by atoms with E-state index in [1.54, 1.807) is 11.3 Å². The lowest BCUT2D eigenvalue weighted by Crippen LogP contribution is -2.11. The number of hydrogen-bond donors (Lipinski definition) is 1. The fourth-order valence-corrected chi connectivity index (χ4v) is 3.69. The van der Waals surface area contributed by atoms with Gasteiger partial charge in [-0.3, -0.25) is 0 Å². The number of aliphatic hydroxyl groups is 1. The first kappa shape index (κ1) is 12.6. The summed E-state index contributed by atoms with van der Waals surface area (Å²) in [6.45, 7) is 2.40. The van der Waals surface area contributed by atoms with E-state index in [4.69, 9.17) is 0 Å². The summed E-state index contributed by atoms with van der Waals surface area (Å²) in [5.74, 6) is 0.332. The molecule has 1 atom stereocenters. The van der Waals surface area contributed by atoms with Crippen LogP contribution in [0.15, 0.2) is 4.99 Å². The van der Waals surface area contributed by atoms with Crippen LogP contribution in [-0.2, 0) is 6.42 Å². The van der Waals surface area contributed by atoms with Gasteiger partial charge in [0.15, 0.2) is 0 Å². The van der Waals surface area contributed by atoms with Crippen molar-refractivity contribution in [1.29, 1.82) is 0 Å². The van der Waals surface area contributed by atoms with E-state index in [1.165, 1.54) is 22.4 Å². The van der Waals surface area contributed by atoms with E-state index in [-0.39, 0.29) is 6.61 Å². The molecule has 1 unspecified atom stereocenters. The van der Waals surface area contributed by atoms with E-state index >= 15 is 0 Å². The second kappa shape index (κ2) is 5.19. The van der Waals surface area contributed by atoms with Crippen LogP contribution in [0.25, 0.3) is 0 Å². The van der Waals surface area contributed by atoms with Gasteiger partial charge in [0, 0.05) is 31.5 Å². The maximum absolute atomic E-state index is 9.45. The molecule has 0 amide bonds. The van der Waals surface area contributed by atoms with Gasteiger partial charge in [-0.1, -0.05) is 0 Å². The largest absolute Gasteiger partial charge is 0.396 e. The number of fused-ring (bicyclic) bond motifs is 1. The van der Waals surface area contributed by atoms with Gasteiger partial charge in [0.2, 0.25) is 0 Å². The Morgan fingerprint density at radius 3 is 2.94 bits per heavy atom. The Kier molecular flexibility index (Phi) is 3.84. The molecule has 1 N–H and O–H groups in total. The maximum Gasteiger partial charge on any atom is 0.121 e. The van der Waals surface area contributed by atoms with E-state index in [0.717, 1.165) is 17.8 Å². The maximum atomic E-state index is 9.45. The van der Waals surface area contributed by atoms with Crippen molar-refractivity contribution in [3.8, 4) is 0 Å². The molecular weight excluding hydrogens is 232 g/mol. The summed E-state index contributed by atoms with van der Waals surface area (Å²) >= 11 is 1.79. The standard InChI is InChI=1S/C13H20N2OS/c1-9-12-10(7-16)5-4-6-11(12)17-13(9)14-8-15(2)3/h8,10,16H,4-7H2,1-3H3/b14-8+. The summed E-state index contributed by atoms with van der Waals surface area (Å²) in [5, 5.41) is 10.5. The number of aliphatic hydroxyl groups excluding tert-OH is 1. The predicted octanol–water partition coefficient (Wildman–Crippen LogP) is 2.69. The quantitative estimate of drug-likeness (QED) is 0.663. The molecule has 1 aromatic heterocycles. The van der Waals surface area contributed by atoms with Crippen molar-refractivity contribution in [1.82, 2.24) is 4.90 Å². The minimum atomic E-state index is 0.265. The van der Waals surface area contributed by atoms with Crippen molar-refractivity contribution >= 4 is 22.7 Å². The molecule has 0 fully saturated rings. The Balaban J connectivity index is 2.35. The molecule has 1 aromatic rings. The summed E-state index contributed by atoms with van der Waals surface area (Å²) in [4.78, 5) is 7.89. The van der Waals surface area contributed by atoms with Crippen LogP contribution in [0, 0.1) is 6.92 Å². The van der Waals surface area contributed by atoms with E-state index in [1.807, 2.05) is 25.3 Å². The molecule has 4 heteroatoms. The summed E-state index contributed by atoms with van der Waals surface area (Å²) in [6, 6.07) is 0. The van der Waals surface area contributed by atoms with Gasteiger partial charge in [0.1, 0.15) is 5.00 Å². The van der Waals surface area contributed by atoms with Gasteiger partial charge in [0.25, 0.3) is 0 Å². The van der Waals surface area contributed by atoms with Crippen LogP contribution in [0.2, 0.25) is 0 Å². The third kappa shape index (κ3) is 2.53. The average Bonchev–Trinajstić information content (AvgIpc) is 2.64. The zero-order chi connectivity index (χ0) is 12.4. The van der Waals surface area contributed by atoms with Gasteiger partial charge in [-0.15, -0.1) is 11.3 Å². The molecule has 17 heavy (non-hydrogen) atoms. The van der Waals surface area contributed by atoms with Crippen LogP contribution in [-0.4, -0.2) is 37.0 Å². The highest BCUT2D eigenvalue weighted by Crippen LogP contribution is 2.43. The number of aryl methyl sites for hydroxylation is 1. The predicted molar refractivity (Wildman–Crippen MR) is 73.7 cm³/mol. The zero-order valence-electron chi connectivity index (χ0n) is 10.7. The molecule has 1 heterocycles. The lowest BCUT2D eigenvalue weighted by molar-refractivity contribution is 0.253. The molecule has 0 saturated heterocycles. The van der Waals surface area contributed by atoms with Crippen molar-refractivity contribution in [3.05, 3.63) is 16.0 Å². The zero-order valence-corrected chi connectivity index (χ0v) is 11.5. The normalized spacial score (nSPS) is 19.6. The second-order valence-electron chi connectivity index (χ2n) is 4.85. The average molecular weight is 252 g/mol. The highest BCUT2D eigenvalue weighted by atomic mass is 32.1. The minimum Gasteiger partial charge on any atom is -0.396 e. The third-order valence-corrected chi connectivity index (χ3v) is 4.51. The Labute approximate surface area is 107 Å². The monoisotopic (exact) mass is 252 g/mol. The van der Waals surface area contributed by atoms with Crippen LogP contribution < -0.4 is 0 Å². The number of nitrogens with zero attached hydrogens (tertiary/aromatic N) is 2. The Morgan fingerprint density at radius 2 is 2.29 bits per heavy atom. The number of hydrogen-bond acceptors (Lipinski definition) is 3.